The van der Waals surface area contributed by atoms with Gasteiger partial charge < -0.3 is 9.47 Å². The molecular weight excluding hydrogens is 430 g/mol. The van der Waals surface area contributed by atoms with Crippen molar-refractivity contribution in [3.8, 4) is 11.4 Å². The summed E-state index contributed by atoms with van der Waals surface area (Å²) in [5.41, 5.74) is 3.59. The van der Waals surface area contributed by atoms with Crippen LogP contribution in [0.3, 0.4) is 0 Å². The SMILES string of the molecule is CCCn1c(SCC(=O)N2CCN([C@H](C)c3ccccc3)CC2)nnc1-c1cccc(C)c1. The van der Waals surface area contributed by atoms with Gasteiger partial charge in [-0.15, -0.1) is 10.2 Å². The Bertz CT molecular complexity index is 1060. The van der Waals surface area contributed by atoms with E-state index in [0.717, 1.165) is 55.7 Å². The third-order valence-electron chi connectivity index (χ3n) is 6.26. The molecule has 0 bridgehead atoms. The highest BCUT2D eigenvalue weighted by Crippen LogP contribution is 2.26. The van der Waals surface area contributed by atoms with Crippen LogP contribution in [-0.2, 0) is 11.3 Å². The van der Waals surface area contributed by atoms with Gasteiger partial charge in [-0.05, 0) is 31.9 Å². The zero-order valence-corrected chi connectivity index (χ0v) is 20.6. The maximum atomic E-state index is 12.9. The van der Waals surface area contributed by atoms with Gasteiger partial charge in [-0.25, -0.2) is 0 Å². The number of aromatic nitrogens is 3. The van der Waals surface area contributed by atoms with E-state index >= 15 is 0 Å². The molecule has 0 unspecified atom stereocenters. The number of carbonyl (C=O) groups excluding carboxylic acids is 1. The van der Waals surface area contributed by atoms with Crippen molar-refractivity contribution in [2.75, 3.05) is 31.9 Å². The summed E-state index contributed by atoms with van der Waals surface area (Å²) in [5.74, 6) is 1.44. The Hall–Kier alpha value is -2.64. The second-order valence-electron chi connectivity index (χ2n) is 8.62. The van der Waals surface area contributed by atoms with Crippen LogP contribution < -0.4 is 0 Å². The molecule has 174 valence electrons. The van der Waals surface area contributed by atoms with Crippen LogP contribution >= 0.6 is 11.8 Å². The number of nitrogens with zero attached hydrogens (tertiary/aromatic N) is 5. The van der Waals surface area contributed by atoms with Crippen LogP contribution in [0.4, 0.5) is 0 Å². The molecule has 0 aliphatic carbocycles. The molecule has 4 rings (SSSR count). The van der Waals surface area contributed by atoms with E-state index in [2.05, 4.69) is 89.0 Å². The quantitative estimate of drug-likeness (QED) is 0.455. The van der Waals surface area contributed by atoms with E-state index in [0.29, 0.717) is 11.8 Å². The lowest BCUT2D eigenvalue weighted by Gasteiger charge is -2.38. The van der Waals surface area contributed by atoms with E-state index in [9.17, 15) is 4.79 Å². The van der Waals surface area contributed by atoms with E-state index in [-0.39, 0.29) is 5.91 Å². The first-order valence-corrected chi connectivity index (χ1v) is 12.7. The fraction of sp³-hybridized carbons (Fsp3) is 0.423. The minimum atomic E-state index is 0.176. The molecule has 1 atom stereocenters. The highest BCUT2D eigenvalue weighted by molar-refractivity contribution is 7.99. The largest absolute Gasteiger partial charge is 0.339 e. The zero-order valence-electron chi connectivity index (χ0n) is 19.8. The van der Waals surface area contributed by atoms with Gasteiger partial charge in [0.15, 0.2) is 11.0 Å². The maximum Gasteiger partial charge on any atom is 0.233 e. The standard InChI is InChI=1S/C26H33N5OS/c1-4-13-31-25(23-12-8-9-20(2)18-23)27-28-26(31)33-19-24(32)30-16-14-29(15-17-30)21(3)22-10-6-5-7-11-22/h5-12,18,21H,4,13-17,19H2,1-3H3/t21-/m1/s1. The number of rotatable bonds is 8. The van der Waals surface area contributed by atoms with Crippen molar-refractivity contribution in [3.05, 3.63) is 65.7 Å². The van der Waals surface area contributed by atoms with Gasteiger partial charge in [0.25, 0.3) is 0 Å². The summed E-state index contributed by atoms with van der Waals surface area (Å²) < 4.78 is 2.15. The zero-order chi connectivity index (χ0) is 23.2. The molecule has 1 aliphatic heterocycles. The van der Waals surface area contributed by atoms with Crippen LogP contribution in [-0.4, -0.2) is 62.4 Å². The lowest BCUT2D eigenvalue weighted by Crippen LogP contribution is -2.49. The van der Waals surface area contributed by atoms with E-state index < -0.39 is 0 Å². The summed E-state index contributed by atoms with van der Waals surface area (Å²) in [4.78, 5) is 17.4. The highest BCUT2D eigenvalue weighted by atomic mass is 32.2. The van der Waals surface area contributed by atoms with E-state index in [1.54, 1.807) is 0 Å². The van der Waals surface area contributed by atoms with Gasteiger partial charge in [-0.3, -0.25) is 9.69 Å². The Kier molecular flexibility index (Phi) is 7.83. The Morgan fingerprint density at radius 1 is 1.03 bits per heavy atom. The van der Waals surface area contributed by atoms with Crippen LogP contribution in [0.25, 0.3) is 11.4 Å². The summed E-state index contributed by atoms with van der Waals surface area (Å²) >= 11 is 1.50. The van der Waals surface area contributed by atoms with Gasteiger partial charge in [0.05, 0.1) is 5.75 Å². The Balaban J connectivity index is 1.35. The second-order valence-corrected chi connectivity index (χ2v) is 9.56. The van der Waals surface area contributed by atoms with Crippen LogP contribution in [0.1, 0.15) is 37.4 Å². The minimum absolute atomic E-state index is 0.176. The number of aryl methyl sites for hydroxylation is 1. The molecular formula is C26H33N5OS. The van der Waals surface area contributed by atoms with Gasteiger partial charge in [0, 0.05) is 44.3 Å². The molecule has 1 saturated heterocycles. The molecule has 0 spiro atoms. The first-order valence-electron chi connectivity index (χ1n) is 11.8. The number of carbonyl (C=O) groups is 1. The Labute approximate surface area is 201 Å². The summed E-state index contributed by atoms with van der Waals surface area (Å²) in [7, 11) is 0. The normalized spacial score (nSPS) is 15.5. The number of hydrogen-bond acceptors (Lipinski definition) is 5. The molecule has 6 nitrogen and oxygen atoms in total. The number of thioether (sulfide) groups is 1. The van der Waals surface area contributed by atoms with Gasteiger partial charge in [-0.2, -0.15) is 0 Å². The highest BCUT2D eigenvalue weighted by Gasteiger charge is 2.25. The fourth-order valence-corrected chi connectivity index (χ4v) is 5.20. The molecule has 3 aromatic rings. The van der Waals surface area contributed by atoms with Crippen molar-refractivity contribution >= 4 is 17.7 Å². The predicted octanol–water partition coefficient (Wildman–Crippen LogP) is 4.66. The smallest absolute Gasteiger partial charge is 0.233 e. The number of benzene rings is 2. The summed E-state index contributed by atoms with van der Waals surface area (Å²) in [5, 5.41) is 9.70. The predicted molar refractivity (Wildman–Crippen MR) is 134 cm³/mol. The van der Waals surface area contributed by atoms with E-state index in [1.165, 1.54) is 22.9 Å². The molecule has 0 N–H and O–H groups in total. The molecule has 33 heavy (non-hydrogen) atoms. The molecule has 1 aromatic heterocycles. The fourth-order valence-electron chi connectivity index (χ4n) is 4.34. The van der Waals surface area contributed by atoms with Gasteiger partial charge in [0.1, 0.15) is 0 Å². The first kappa shape index (κ1) is 23.5. The van der Waals surface area contributed by atoms with Gasteiger partial charge in [-0.1, -0.05) is 72.8 Å². The van der Waals surface area contributed by atoms with E-state index in [1.807, 2.05) is 11.0 Å². The summed E-state index contributed by atoms with van der Waals surface area (Å²) in [6.45, 7) is 10.7. The third-order valence-corrected chi connectivity index (χ3v) is 7.21. The third kappa shape index (κ3) is 5.65. The summed E-state index contributed by atoms with van der Waals surface area (Å²) in [6, 6.07) is 19.3. The molecule has 0 saturated carbocycles. The van der Waals surface area contributed by atoms with Crippen molar-refractivity contribution in [3.63, 3.8) is 0 Å². The topological polar surface area (TPSA) is 54.3 Å². The number of amides is 1. The average Bonchev–Trinajstić information content (AvgIpc) is 3.25. The number of hydrogen-bond donors (Lipinski definition) is 0. The maximum absolute atomic E-state index is 12.9. The molecule has 1 aliphatic rings. The summed E-state index contributed by atoms with van der Waals surface area (Å²) in [6.07, 6.45) is 0.986. The molecule has 7 heteroatoms. The minimum Gasteiger partial charge on any atom is -0.339 e. The molecule has 2 aromatic carbocycles. The van der Waals surface area contributed by atoms with Crippen molar-refractivity contribution in [1.29, 1.82) is 0 Å². The van der Waals surface area contributed by atoms with Crippen molar-refractivity contribution in [2.24, 2.45) is 0 Å². The average molecular weight is 464 g/mol. The van der Waals surface area contributed by atoms with Crippen molar-refractivity contribution in [1.82, 2.24) is 24.6 Å². The molecule has 0 radical (unpaired) electrons. The van der Waals surface area contributed by atoms with Crippen LogP contribution in [0.2, 0.25) is 0 Å². The lowest BCUT2D eigenvalue weighted by atomic mass is 10.1. The first-order chi connectivity index (χ1) is 16.1. The van der Waals surface area contributed by atoms with Gasteiger partial charge in [0.2, 0.25) is 5.91 Å². The second kappa shape index (κ2) is 11.0. The number of piperazine rings is 1. The van der Waals surface area contributed by atoms with Crippen LogP contribution in [0, 0.1) is 6.92 Å². The molecule has 1 fully saturated rings. The Morgan fingerprint density at radius 2 is 1.79 bits per heavy atom. The van der Waals surface area contributed by atoms with Crippen molar-refractivity contribution < 1.29 is 4.79 Å². The van der Waals surface area contributed by atoms with Crippen LogP contribution in [0.5, 0.6) is 0 Å². The van der Waals surface area contributed by atoms with Crippen molar-refractivity contribution in [2.45, 2.75) is 44.9 Å². The Morgan fingerprint density at radius 3 is 2.48 bits per heavy atom. The monoisotopic (exact) mass is 463 g/mol. The van der Waals surface area contributed by atoms with Crippen LogP contribution in [0.15, 0.2) is 59.8 Å². The molecule has 1 amide bonds. The lowest BCUT2D eigenvalue weighted by molar-refractivity contribution is -0.130. The van der Waals surface area contributed by atoms with E-state index in [4.69, 9.17) is 0 Å². The molecule has 2 heterocycles. The van der Waals surface area contributed by atoms with Gasteiger partial charge >= 0.3 is 0 Å².